The summed E-state index contributed by atoms with van der Waals surface area (Å²) in [7, 11) is 1.46. The Bertz CT molecular complexity index is 998. The Hall–Kier alpha value is -3.19. The summed E-state index contributed by atoms with van der Waals surface area (Å²) in [5, 5.41) is 20.3. The van der Waals surface area contributed by atoms with Gasteiger partial charge in [0.15, 0.2) is 16.7 Å². The molecule has 0 aliphatic carbocycles. The number of amides is 1. The van der Waals surface area contributed by atoms with Crippen LogP contribution >= 0.6 is 11.8 Å². The third kappa shape index (κ3) is 4.04. The van der Waals surface area contributed by atoms with E-state index in [2.05, 4.69) is 11.6 Å². The lowest BCUT2D eigenvalue weighted by Crippen LogP contribution is -2.29. The summed E-state index contributed by atoms with van der Waals surface area (Å²) in [5.41, 5.74) is 2.02. The van der Waals surface area contributed by atoms with Gasteiger partial charge in [0, 0.05) is 6.54 Å². The van der Waals surface area contributed by atoms with E-state index >= 15 is 0 Å². The molecule has 0 unspecified atom stereocenters. The van der Waals surface area contributed by atoms with Gasteiger partial charge in [0.2, 0.25) is 0 Å². The van der Waals surface area contributed by atoms with Crippen molar-refractivity contribution in [3.8, 4) is 17.2 Å². The topological polar surface area (TPSA) is 82.4 Å². The molecule has 1 fully saturated rings. The second kappa shape index (κ2) is 8.22. The van der Waals surface area contributed by atoms with Gasteiger partial charge < -0.3 is 14.9 Å². The molecule has 0 aromatic heterocycles. The van der Waals surface area contributed by atoms with Gasteiger partial charge in [0.1, 0.15) is 11.4 Å². The van der Waals surface area contributed by atoms with Crippen molar-refractivity contribution in [3.05, 3.63) is 65.1 Å². The quantitative estimate of drug-likeness (QED) is 0.585. The molecule has 144 valence electrons. The first-order valence-corrected chi connectivity index (χ1v) is 9.32. The summed E-state index contributed by atoms with van der Waals surface area (Å²) in [6, 6.07) is 10.0. The predicted molar refractivity (Wildman–Crippen MR) is 112 cm³/mol. The van der Waals surface area contributed by atoms with Gasteiger partial charge in [0.05, 0.1) is 12.0 Å². The number of ether oxygens (including phenoxy) is 1. The van der Waals surface area contributed by atoms with Crippen molar-refractivity contribution in [3.63, 3.8) is 0 Å². The van der Waals surface area contributed by atoms with E-state index in [-0.39, 0.29) is 17.4 Å². The molecule has 2 aromatic rings. The molecule has 28 heavy (non-hydrogen) atoms. The van der Waals surface area contributed by atoms with Crippen LogP contribution < -0.4 is 4.74 Å². The molecular formula is C21H20N2O4S. The standard InChI is InChI=1S/C21H20N2O4S/c1-4-9-23-20(26)19(12-14-6-8-16(24)18(11-14)27-3)28-21(23)22-15-7-5-13(2)10-17(15)25/h4-8,10-12,24-25H,1,9H2,2-3H3/b19-12-,22-21?. The number of rotatable bonds is 5. The zero-order valence-electron chi connectivity index (χ0n) is 15.5. The Kier molecular flexibility index (Phi) is 5.75. The highest BCUT2D eigenvalue weighted by Gasteiger charge is 2.32. The number of phenols is 2. The number of carbonyl (C=O) groups excluding carboxylic acids is 1. The maximum absolute atomic E-state index is 12.8. The van der Waals surface area contributed by atoms with Crippen LogP contribution in [0.15, 0.2) is 59.0 Å². The van der Waals surface area contributed by atoms with E-state index in [4.69, 9.17) is 4.74 Å². The van der Waals surface area contributed by atoms with E-state index in [0.29, 0.717) is 33.6 Å². The van der Waals surface area contributed by atoms with Crippen molar-refractivity contribution in [2.45, 2.75) is 6.92 Å². The monoisotopic (exact) mass is 396 g/mol. The summed E-state index contributed by atoms with van der Waals surface area (Å²) in [4.78, 5) is 19.3. The van der Waals surface area contributed by atoms with Gasteiger partial charge in [0.25, 0.3) is 5.91 Å². The second-order valence-corrected chi connectivity index (χ2v) is 7.14. The lowest BCUT2D eigenvalue weighted by Gasteiger charge is -2.13. The van der Waals surface area contributed by atoms with E-state index in [1.807, 2.05) is 13.0 Å². The van der Waals surface area contributed by atoms with E-state index < -0.39 is 0 Å². The highest BCUT2D eigenvalue weighted by molar-refractivity contribution is 8.18. The minimum absolute atomic E-state index is 0.0282. The molecule has 1 aliphatic rings. The number of carbonyl (C=O) groups is 1. The fraction of sp³-hybridized carbons (Fsp3) is 0.143. The number of amidine groups is 1. The Morgan fingerprint density at radius 3 is 2.68 bits per heavy atom. The third-order valence-electron chi connectivity index (χ3n) is 4.05. The van der Waals surface area contributed by atoms with Crippen LogP contribution in [0.3, 0.4) is 0 Å². The molecule has 1 aliphatic heterocycles. The van der Waals surface area contributed by atoms with Gasteiger partial charge in [-0.2, -0.15) is 0 Å². The number of methoxy groups -OCH3 is 1. The zero-order valence-corrected chi connectivity index (χ0v) is 16.4. The van der Waals surface area contributed by atoms with Crippen LogP contribution in [0.25, 0.3) is 6.08 Å². The van der Waals surface area contributed by atoms with Crippen LogP contribution in [-0.2, 0) is 4.79 Å². The number of thioether (sulfide) groups is 1. The van der Waals surface area contributed by atoms with Gasteiger partial charge in [-0.1, -0.05) is 18.2 Å². The molecule has 6 nitrogen and oxygen atoms in total. The predicted octanol–water partition coefficient (Wildman–Crippen LogP) is 4.20. The van der Waals surface area contributed by atoms with E-state index in [1.54, 1.807) is 36.4 Å². The number of aromatic hydroxyl groups is 2. The maximum atomic E-state index is 12.8. The van der Waals surface area contributed by atoms with Crippen LogP contribution in [-0.4, -0.2) is 39.8 Å². The first-order chi connectivity index (χ1) is 13.4. The molecule has 0 bridgehead atoms. The summed E-state index contributed by atoms with van der Waals surface area (Å²) < 4.78 is 5.11. The molecule has 0 spiro atoms. The van der Waals surface area contributed by atoms with E-state index in [0.717, 1.165) is 5.56 Å². The third-order valence-corrected chi connectivity index (χ3v) is 5.05. The number of aliphatic imine (C=N–C) groups is 1. The van der Waals surface area contributed by atoms with Gasteiger partial charge >= 0.3 is 0 Å². The first kappa shape index (κ1) is 19.6. The largest absolute Gasteiger partial charge is 0.506 e. The number of aryl methyl sites for hydroxylation is 1. The summed E-state index contributed by atoms with van der Waals surface area (Å²) in [6.07, 6.45) is 3.33. The number of hydrogen-bond donors (Lipinski definition) is 2. The second-order valence-electron chi connectivity index (χ2n) is 6.13. The van der Waals surface area contributed by atoms with Crippen molar-refractivity contribution in [2.75, 3.05) is 13.7 Å². The van der Waals surface area contributed by atoms with Gasteiger partial charge in [-0.25, -0.2) is 4.99 Å². The van der Waals surface area contributed by atoms with Crippen molar-refractivity contribution < 1.29 is 19.7 Å². The lowest BCUT2D eigenvalue weighted by molar-refractivity contribution is -0.121. The molecule has 1 amide bonds. The van der Waals surface area contributed by atoms with Gasteiger partial charge in [-0.3, -0.25) is 9.69 Å². The molecule has 0 atom stereocenters. The summed E-state index contributed by atoms with van der Waals surface area (Å²) in [6.45, 7) is 5.87. The molecule has 0 radical (unpaired) electrons. The molecule has 2 N–H and O–H groups in total. The van der Waals surface area contributed by atoms with E-state index in [9.17, 15) is 15.0 Å². The molecule has 3 rings (SSSR count). The molecule has 1 saturated heterocycles. The smallest absolute Gasteiger partial charge is 0.267 e. The Morgan fingerprint density at radius 1 is 1.21 bits per heavy atom. The van der Waals surface area contributed by atoms with Gasteiger partial charge in [-0.05, 0) is 60.2 Å². The molecule has 0 saturated carbocycles. The number of benzene rings is 2. The van der Waals surface area contributed by atoms with Crippen molar-refractivity contribution in [1.29, 1.82) is 0 Å². The highest BCUT2D eigenvalue weighted by atomic mass is 32.2. The SMILES string of the molecule is C=CCN1C(=O)/C(=C/c2ccc(O)c(OC)c2)SC1=Nc1ccc(C)cc1O. The number of nitrogens with zero attached hydrogens (tertiary/aromatic N) is 2. The minimum Gasteiger partial charge on any atom is -0.506 e. The van der Waals surface area contributed by atoms with Crippen molar-refractivity contribution in [1.82, 2.24) is 4.90 Å². The first-order valence-electron chi connectivity index (χ1n) is 8.50. The van der Waals surface area contributed by atoms with Crippen LogP contribution in [0.5, 0.6) is 17.2 Å². The average molecular weight is 396 g/mol. The fourth-order valence-electron chi connectivity index (χ4n) is 2.65. The van der Waals surface area contributed by atoms with Crippen LogP contribution in [0.1, 0.15) is 11.1 Å². The maximum Gasteiger partial charge on any atom is 0.267 e. The summed E-state index contributed by atoms with van der Waals surface area (Å²) >= 11 is 1.21. The minimum atomic E-state index is -0.206. The lowest BCUT2D eigenvalue weighted by atomic mass is 10.2. The van der Waals surface area contributed by atoms with Crippen molar-refractivity contribution >= 4 is 34.6 Å². The van der Waals surface area contributed by atoms with Crippen LogP contribution in [0.4, 0.5) is 5.69 Å². The Morgan fingerprint density at radius 2 is 2.00 bits per heavy atom. The number of phenolic OH excluding ortho intramolecular Hbond substituents is 2. The average Bonchev–Trinajstić information content (AvgIpc) is 2.94. The normalized spacial score (nSPS) is 16.8. The van der Waals surface area contributed by atoms with Crippen LogP contribution in [0, 0.1) is 6.92 Å². The molecule has 7 heteroatoms. The molecule has 2 aromatic carbocycles. The molecule has 1 heterocycles. The highest BCUT2D eigenvalue weighted by Crippen LogP contribution is 2.37. The van der Waals surface area contributed by atoms with Gasteiger partial charge in [-0.15, -0.1) is 6.58 Å². The van der Waals surface area contributed by atoms with E-state index in [1.165, 1.54) is 29.8 Å². The molecular weight excluding hydrogens is 376 g/mol. The zero-order chi connectivity index (χ0) is 20.3. The Labute approximate surface area is 167 Å². The number of hydrogen-bond acceptors (Lipinski definition) is 6. The Balaban J connectivity index is 1.98. The van der Waals surface area contributed by atoms with Crippen molar-refractivity contribution in [2.24, 2.45) is 4.99 Å². The summed E-state index contributed by atoms with van der Waals surface area (Å²) in [5.74, 6) is 0.203. The van der Waals surface area contributed by atoms with Crippen LogP contribution in [0.2, 0.25) is 0 Å². The fourth-order valence-corrected chi connectivity index (χ4v) is 3.65.